The summed E-state index contributed by atoms with van der Waals surface area (Å²) in [6.07, 6.45) is 2.70. The maximum atomic E-state index is 6.15. The minimum atomic E-state index is -0.0519. The molecule has 0 saturated heterocycles. The summed E-state index contributed by atoms with van der Waals surface area (Å²) in [5.41, 5.74) is 3.13. The van der Waals surface area contributed by atoms with E-state index in [0.29, 0.717) is 5.02 Å². The van der Waals surface area contributed by atoms with Crippen molar-refractivity contribution in [1.29, 1.82) is 0 Å². The molecule has 0 aliphatic heterocycles. The van der Waals surface area contributed by atoms with E-state index in [9.17, 15) is 0 Å². The quantitative estimate of drug-likeness (QED) is 0.753. The second kappa shape index (κ2) is 5.65. The summed E-state index contributed by atoms with van der Waals surface area (Å²) < 4.78 is 2.03. The predicted octanol–water partition coefficient (Wildman–Crippen LogP) is 4.79. The fourth-order valence-electron chi connectivity index (χ4n) is 2.47. The molecule has 0 saturated carbocycles. The van der Waals surface area contributed by atoms with Crippen LogP contribution < -0.4 is 5.32 Å². The topological polar surface area (TPSA) is 29.3 Å². The van der Waals surface area contributed by atoms with Gasteiger partial charge in [-0.25, -0.2) is 4.98 Å². The number of nitrogens with zero attached hydrogens (tertiary/aromatic N) is 2. The van der Waals surface area contributed by atoms with Gasteiger partial charge in [-0.3, -0.25) is 4.40 Å². The van der Waals surface area contributed by atoms with E-state index in [-0.39, 0.29) is 5.54 Å². The molecule has 0 unspecified atom stereocenters. The standard InChI is InChI=1S/C18H20ClN3/c1-18(2,3)21-17-15(11-13-7-5-4-6-8-13)20-16-10-9-14(19)12-22(16)17/h4-10,12,21H,11H2,1-3H3. The van der Waals surface area contributed by atoms with Gasteiger partial charge in [0.2, 0.25) is 0 Å². The van der Waals surface area contributed by atoms with Gasteiger partial charge in [0.25, 0.3) is 0 Å². The molecule has 0 aliphatic carbocycles. The van der Waals surface area contributed by atoms with Crippen LogP contribution in [0.2, 0.25) is 5.02 Å². The number of nitrogens with one attached hydrogen (secondary N) is 1. The molecule has 0 atom stereocenters. The summed E-state index contributed by atoms with van der Waals surface area (Å²) in [7, 11) is 0. The Hall–Kier alpha value is -2.00. The molecule has 0 radical (unpaired) electrons. The molecule has 114 valence electrons. The smallest absolute Gasteiger partial charge is 0.138 e. The van der Waals surface area contributed by atoms with Gasteiger partial charge in [0.05, 0.1) is 10.7 Å². The maximum Gasteiger partial charge on any atom is 0.138 e. The molecule has 1 aromatic carbocycles. The van der Waals surface area contributed by atoms with Gasteiger partial charge in [0.1, 0.15) is 11.5 Å². The second-order valence-corrected chi connectivity index (χ2v) is 6.96. The molecule has 0 amide bonds. The molecule has 2 aromatic heterocycles. The number of benzene rings is 1. The summed E-state index contributed by atoms with van der Waals surface area (Å²) in [6, 6.07) is 14.2. The van der Waals surface area contributed by atoms with E-state index in [1.54, 1.807) is 0 Å². The van der Waals surface area contributed by atoms with Crippen LogP contribution in [0.15, 0.2) is 48.7 Å². The predicted molar refractivity (Wildman–Crippen MR) is 92.8 cm³/mol. The van der Waals surface area contributed by atoms with Crippen LogP contribution in [0.3, 0.4) is 0 Å². The normalized spacial score (nSPS) is 11.8. The van der Waals surface area contributed by atoms with Crippen molar-refractivity contribution in [1.82, 2.24) is 9.38 Å². The zero-order chi connectivity index (χ0) is 15.7. The molecule has 0 aliphatic rings. The Labute approximate surface area is 136 Å². The van der Waals surface area contributed by atoms with Crippen LogP contribution in [0, 0.1) is 0 Å². The SMILES string of the molecule is CC(C)(C)Nc1c(Cc2ccccc2)nc2ccc(Cl)cn12. The minimum Gasteiger partial charge on any atom is -0.365 e. The van der Waals surface area contributed by atoms with Crippen molar-refractivity contribution >= 4 is 23.1 Å². The monoisotopic (exact) mass is 313 g/mol. The van der Waals surface area contributed by atoms with Crippen LogP contribution in [0.5, 0.6) is 0 Å². The van der Waals surface area contributed by atoms with Gasteiger partial charge in [-0.05, 0) is 38.5 Å². The van der Waals surface area contributed by atoms with Gasteiger partial charge in [-0.1, -0.05) is 41.9 Å². The summed E-state index contributed by atoms with van der Waals surface area (Å²) in [5.74, 6) is 1.01. The Morgan fingerprint density at radius 1 is 1.09 bits per heavy atom. The average Bonchev–Trinajstić information content (AvgIpc) is 2.76. The zero-order valence-corrected chi connectivity index (χ0v) is 13.9. The molecule has 3 rings (SSSR count). The Morgan fingerprint density at radius 2 is 1.82 bits per heavy atom. The number of halogens is 1. The largest absolute Gasteiger partial charge is 0.365 e. The molecular weight excluding hydrogens is 294 g/mol. The Kier molecular flexibility index (Phi) is 3.83. The van der Waals surface area contributed by atoms with E-state index in [4.69, 9.17) is 16.6 Å². The number of fused-ring (bicyclic) bond motifs is 1. The summed E-state index contributed by atoms with van der Waals surface area (Å²) in [5, 5.41) is 4.26. The Balaban J connectivity index is 2.09. The van der Waals surface area contributed by atoms with E-state index in [0.717, 1.165) is 23.6 Å². The van der Waals surface area contributed by atoms with Gasteiger partial charge in [0, 0.05) is 18.2 Å². The number of pyridine rings is 1. The van der Waals surface area contributed by atoms with Crippen molar-refractivity contribution in [3.05, 3.63) is 64.9 Å². The summed E-state index contributed by atoms with van der Waals surface area (Å²) in [6.45, 7) is 6.43. The van der Waals surface area contributed by atoms with Crippen molar-refractivity contribution in [2.75, 3.05) is 5.32 Å². The highest BCUT2D eigenvalue weighted by Gasteiger charge is 2.18. The lowest BCUT2D eigenvalue weighted by molar-refractivity contribution is 0.628. The Bertz CT molecular complexity index is 785. The van der Waals surface area contributed by atoms with E-state index in [1.165, 1.54) is 5.56 Å². The lowest BCUT2D eigenvalue weighted by Gasteiger charge is -2.22. The molecule has 0 spiro atoms. The number of aromatic nitrogens is 2. The zero-order valence-electron chi connectivity index (χ0n) is 13.1. The number of rotatable bonds is 3. The second-order valence-electron chi connectivity index (χ2n) is 6.52. The van der Waals surface area contributed by atoms with E-state index < -0.39 is 0 Å². The third kappa shape index (κ3) is 3.25. The van der Waals surface area contributed by atoms with Crippen molar-refractivity contribution in [2.24, 2.45) is 0 Å². The molecule has 22 heavy (non-hydrogen) atoms. The first-order valence-electron chi connectivity index (χ1n) is 7.41. The van der Waals surface area contributed by atoms with Crippen molar-refractivity contribution < 1.29 is 0 Å². The number of anilines is 1. The minimum absolute atomic E-state index is 0.0519. The molecule has 0 bridgehead atoms. The molecule has 4 heteroatoms. The van der Waals surface area contributed by atoms with Gasteiger partial charge in [-0.15, -0.1) is 0 Å². The number of hydrogen-bond acceptors (Lipinski definition) is 2. The van der Waals surface area contributed by atoms with Crippen molar-refractivity contribution in [2.45, 2.75) is 32.7 Å². The first kappa shape index (κ1) is 14.9. The van der Waals surface area contributed by atoms with E-state index >= 15 is 0 Å². The van der Waals surface area contributed by atoms with Crippen LogP contribution >= 0.6 is 11.6 Å². The first-order valence-corrected chi connectivity index (χ1v) is 7.79. The van der Waals surface area contributed by atoms with Crippen LogP contribution in [0.4, 0.5) is 5.82 Å². The van der Waals surface area contributed by atoms with E-state index in [2.05, 4.69) is 50.4 Å². The third-order valence-electron chi connectivity index (χ3n) is 3.36. The highest BCUT2D eigenvalue weighted by atomic mass is 35.5. The van der Waals surface area contributed by atoms with Crippen LogP contribution in [-0.4, -0.2) is 14.9 Å². The van der Waals surface area contributed by atoms with Gasteiger partial charge < -0.3 is 5.32 Å². The average molecular weight is 314 g/mol. The van der Waals surface area contributed by atoms with Crippen LogP contribution in [-0.2, 0) is 6.42 Å². The lowest BCUT2D eigenvalue weighted by atomic mass is 10.1. The maximum absolute atomic E-state index is 6.15. The fourth-order valence-corrected chi connectivity index (χ4v) is 2.63. The fraction of sp³-hybridized carbons (Fsp3) is 0.278. The van der Waals surface area contributed by atoms with Crippen LogP contribution in [0.1, 0.15) is 32.0 Å². The highest BCUT2D eigenvalue weighted by molar-refractivity contribution is 6.30. The van der Waals surface area contributed by atoms with Gasteiger partial charge in [0.15, 0.2) is 0 Å². The molecule has 3 nitrogen and oxygen atoms in total. The van der Waals surface area contributed by atoms with Crippen molar-refractivity contribution in [3.63, 3.8) is 0 Å². The van der Waals surface area contributed by atoms with Gasteiger partial charge >= 0.3 is 0 Å². The first-order chi connectivity index (χ1) is 10.4. The van der Waals surface area contributed by atoms with Crippen LogP contribution in [0.25, 0.3) is 5.65 Å². The molecule has 2 heterocycles. The summed E-state index contributed by atoms with van der Waals surface area (Å²) >= 11 is 6.15. The summed E-state index contributed by atoms with van der Waals surface area (Å²) in [4.78, 5) is 4.78. The van der Waals surface area contributed by atoms with Crippen molar-refractivity contribution in [3.8, 4) is 0 Å². The highest BCUT2D eigenvalue weighted by Crippen LogP contribution is 2.25. The molecule has 3 aromatic rings. The molecule has 0 fully saturated rings. The number of imidazole rings is 1. The van der Waals surface area contributed by atoms with Gasteiger partial charge in [-0.2, -0.15) is 0 Å². The molecular formula is C18H20ClN3. The van der Waals surface area contributed by atoms with E-state index in [1.807, 2.05) is 28.8 Å². The number of hydrogen-bond donors (Lipinski definition) is 1. The molecule has 1 N–H and O–H groups in total. The Morgan fingerprint density at radius 3 is 2.50 bits per heavy atom. The third-order valence-corrected chi connectivity index (χ3v) is 3.59. The lowest BCUT2D eigenvalue weighted by Crippen LogP contribution is -2.27.